The number of pyridine rings is 1. The number of nitrogens with zero attached hydrogens (tertiary/aromatic N) is 2. The summed E-state index contributed by atoms with van der Waals surface area (Å²) in [7, 11) is 0. The average Bonchev–Trinajstić information content (AvgIpc) is 2.73. The minimum absolute atomic E-state index is 0.117. The lowest BCUT2D eigenvalue weighted by molar-refractivity contribution is -0.384. The Labute approximate surface area is 165 Å². The number of amides is 1. The number of non-ortho nitro benzene ring substituents is 1. The lowest BCUT2D eigenvalue weighted by Crippen LogP contribution is -2.28. The van der Waals surface area contributed by atoms with Crippen LogP contribution in [0, 0.1) is 15.9 Å². The maximum atomic E-state index is 12.9. The van der Waals surface area contributed by atoms with Gasteiger partial charge in [0.15, 0.2) is 6.61 Å². The number of benzene rings is 2. The van der Waals surface area contributed by atoms with Crippen LogP contribution >= 0.6 is 0 Å². The average molecular weight is 397 g/mol. The Morgan fingerprint density at radius 1 is 1.10 bits per heavy atom. The summed E-state index contributed by atoms with van der Waals surface area (Å²) in [5.74, 6) is 0.207. The first-order valence-corrected chi connectivity index (χ1v) is 8.52. The lowest BCUT2D eigenvalue weighted by Gasteiger charge is -2.09. The summed E-state index contributed by atoms with van der Waals surface area (Å²) < 4.78 is 23.8. The Kier molecular flexibility index (Phi) is 6.31. The standard InChI is InChI=1S/C20H16FN3O5/c21-15-4-6-17(7-5-15)29-20-10-14(8-9-22-20)12-23-19(25)13-28-18-3-1-2-16(11-18)24(26)27/h1-11H,12-13H2,(H,23,25). The molecule has 1 amide bonds. The minimum Gasteiger partial charge on any atom is -0.484 e. The van der Waals surface area contributed by atoms with Crippen LogP contribution in [0.25, 0.3) is 0 Å². The highest BCUT2D eigenvalue weighted by Crippen LogP contribution is 2.20. The van der Waals surface area contributed by atoms with Crippen molar-refractivity contribution in [1.82, 2.24) is 10.3 Å². The van der Waals surface area contributed by atoms with Crippen molar-refractivity contribution >= 4 is 11.6 Å². The van der Waals surface area contributed by atoms with E-state index in [1.165, 1.54) is 54.7 Å². The van der Waals surface area contributed by atoms with Gasteiger partial charge in [-0.25, -0.2) is 9.37 Å². The Balaban J connectivity index is 1.50. The van der Waals surface area contributed by atoms with Gasteiger partial charge in [0.05, 0.1) is 11.0 Å². The molecule has 29 heavy (non-hydrogen) atoms. The molecule has 0 saturated carbocycles. The van der Waals surface area contributed by atoms with E-state index in [0.717, 1.165) is 5.56 Å². The second-order valence-electron chi connectivity index (χ2n) is 5.88. The van der Waals surface area contributed by atoms with Crippen molar-refractivity contribution in [3.05, 3.63) is 88.4 Å². The van der Waals surface area contributed by atoms with Gasteiger partial charge >= 0.3 is 0 Å². The molecule has 0 radical (unpaired) electrons. The van der Waals surface area contributed by atoms with Crippen molar-refractivity contribution in [3.63, 3.8) is 0 Å². The maximum absolute atomic E-state index is 12.9. The van der Waals surface area contributed by atoms with Gasteiger partial charge in [0.2, 0.25) is 5.88 Å². The van der Waals surface area contributed by atoms with Crippen LogP contribution in [0.2, 0.25) is 0 Å². The Morgan fingerprint density at radius 3 is 2.66 bits per heavy atom. The third-order valence-electron chi connectivity index (χ3n) is 3.72. The molecule has 1 heterocycles. The van der Waals surface area contributed by atoms with Crippen molar-refractivity contribution in [3.8, 4) is 17.4 Å². The highest BCUT2D eigenvalue weighted by Gasteiger charge is 2.09. The van der Waals surface area contributed by atoms with Gasteiger partial charge in [-0.15, -0.1) is 0 Å². The van der Waals surface area contributed by atoms with Crippen LogP contribution in [0.4, 0.5) is 10.1 Å². The molecule has 3 rings (SSSR count). The van der Waals surface area contributed by atoms with Gasteiger partial charge in [0, 0.05) is 24.9 Å². The molecule has 3 aromatic rings. The van der Waals surface area contributed by atoms with E-state index in [2.05, 4.69) is 10.3 Å². The fraction of sp³-hybridized carbons (Fsp3) is 0.100. The molecular formula is C20H16FN3O5. The summed E-state index contributed by atoms with van der Waals surface area (Å²) in [6.45, 7) is -0.0788. The zero-order valence-corrected chi connectivity index (χ0v) is 15.1. The quantitative estimate of drug-likeness (QED) is 0.460. The molecule has 8 nitrogen and oxygen atoms in total. The Bertz CT molecular complexity index is 1010. The lowest BCUT2D eigenvalue weighted by atomic mass is 10.2. The number of halogens is 1. The number of hydrogen-bond donors (Lipinski definition) is 1. The predicted molar refractivity (Wildman–Crippen MR) is 101 cm³/mol. The first-order chi connectivity index (χ1) is 14.0. The van der Waals surface area contributed by atoms with E-state index in [-0.39, 0.29) is 30.4 Å². The molecule has 1 aromatic heterocycles. The van der Waals surface area contributed by atoms with E-state index >= 15 is 0 Å². The van der Waals surface area contributed by atoms with Crippen molar-refractivity contribution in [2.45, 2.75) is 6.54 Å². The molecule has 0 bridgehead atoms. The molecule has 0 unspecified atom stereocenters. The monoisotopic (exact) mass is 397 g/mol. The van der Waals surface area contributed by atoms with Crippen LogP contribution in [0.3, 0.4) is 0 Å². The largest absolute Gasteiger partial charge is 0.484 e. The molecule has 0 spiro atoms. The Hall–Kier alpha value is -4.01. The van der Waals surface area contributed by atoms with E-state index in [1.54, 1.807) is 12.1 Å². The van der Waals surface area contributed by atoms with Crippen LogP contribution in [0.15, 0.2) is 66.9 Å². The van der Waals surface area contributed by atoms with Crippen molar-refractivity contribution in [2.75, 3.05) is 6.61 Å². The summed E-state index contributed by atoms with van der Waals surface area (Å²) in [5.41, 5.74) is 0.620. The molecule has 0 aliphatic carbocycles. The van der Waals surface area contributed by atoms with Crippen LogP contribution in [-0.2, 0) is 11.3 Å². The van der Waals surface area contributed by atoms with Gasteiger partial charge in [-0.05, 0) is 42.0 Å². The molecule has 0 aliphatic heterocycles. The van der Waals surface area contributed by atoms with E-state index in [9.17, 15) is 19.3 Å². The third kappa shape index (κ3) is 5.99. The van der Waals surface area contributed by atoms with Crippen LogP contribution < -0.4 is 14.8 Å². The number of hydrogen-bond acceptors (Lipinski definition) is 6. The van der Waals surface area contributed by atoms with Gasteiger partial charge in [0.25, 0.3) is 11.6 Å². The summed E-state index contributed by atoms with van der Waals surface area (Å²) >= 11 is 0. The SMILES string of the molecule is O=C(COc1cccc([N+](=O)[O-])c1)NCc1ccnc(Oc2ccc(F)cc2)c1. The highest BCUT2D eigenvalue weighted by atomic mass is 19.1. The first-order valence-electron chi connectivity index (χ1n) is 8.52. The normalized spacial score (nSPS) is 10.2. The first kappa shape index (κ1) is 19.7. The molecule has 0 atom stereocenters. The summed E-state index contributed by atoms with van der Waals surface area (Å²) in [5, 5.41) is 13.4. The van der Waals surface area contributed by atoms with Crippen molar-refractivity contribution in [2.24, 2.45) is 0 Å². The van der Waals surface area contributed by atoms with E-state index in [1.807, 2.05) is 0 Å². The van der Waals surface area contributed by atoms with E-state index in [0.29, 0.717) is 11.6 Å². The number of ether oxygens (including phenoxy) is 2. The zero-order valence-electron chi connectivity index (χ0n) is 15.1. The number of nitro benzene ring substituents is 1. The molecule has 0 saturated heterocycles. The summed E-state index contributed by atoms with van der Waals surface area (Å²) in [6.07, 6.45) is 1.53. The molecule has 2 aromatic carbocycles. The summed E-state index contributed by atoms with van der Waals surface area (Å²) in [6, 6.07) is 14.5. The minimum atomic E-state index is -0.540. The van der Waals surface area contributed by atoms with E-state index < -0.39 is 10.8 Å². The zero-order chi connectivity index (χ0) is 20.6. The Morgan fingerprint density at radius 2 is 1.90 bits per heavy atom. The second-order valence-corrected chi connectivity index (χ2v) is 5.88. The van der Waals surface area contributed by atoms with Gasteiger partial charge in [0.1, 0.15) is 17.3 Å². The maximum Gasteiger partial charge on any atom is 0.273 e. The fourth-order valence-electron chi connectivity index (χ4n) is 2.33. The molecule has 148 valence electrons. The molecule has 9 heteroatoms. The van der Waals surface area contributed by atoms with Gasteiger partial charge < -0.3 is 14.8 Å². The number of nitro groups is 1. The predicted octanol–water partition coefficient (Wildman–Crippen LogP) is 3.62. The molecular weight excluding hydrogens is 381 g/mol. The molecule has 1 N–H and O–H groups in total. The van der Waals surface area contributed by atoms with Crippen LogP contribution in [0.1, 0.15) is 5.56 Å². The summed E-state index contributed by atoms with van der Waals surface area (Å²) in [4.78, 5) is 26.2. The van der Waals surface area contributed by atoms with E-state index in [4.69, 9.17) is 9.47 Å². The second kappa shape index (κ2) is 9.27. The van der Waals surface area contributed by atoms with Gasteiger partial charge in [-0.2, -0.15) is 0 Å². The number of aromatic nitrogens is 1. The van der Waals surface area contributed by atoms with Crippen LogP contribution in [-0.4, -0.2) is 22.4 Å². The van der Waals surface area contributed by atoms with Crippen molar-refractivity contribution < 1.29 is 23.6 Å². The van der Waals surface area contributed by atoms with Gasteiger partial charge in [-0.3, -0.25) is 14.9 Å². The van der Waals surface area contributed by atoms with Gasteiger partial charge in [-0.1, -0.05) is 6.07 Å². The number of carbonyl (C=O) groups is 1. The highest BCUT2D eigenvalue weighted by molar-refractivity contribution is 5.77. The smallest absolute Gasteiger partial charge is 0.273 e. The number of nitrogens with one attached hydrogen (secondary N) is 1. The third-order valence-corrected chi connectivity index (χ3v) is 3.72. The molecule has 0 fully saturated rings. The van der Waals surface area contributed by atoms with Crippen LogP contribution in [0.5, 0.6) is 17.4 Å². The fourth-order valence-corrected chi connectivity index (χ4v) is 2.33. The number of carbonyl (C=O) groups excluding carboxylic acids is 1. The molecule has 0 aliphatic rings. The topological polar surface area (TPSA) is 104 Å². The number of rotatable bonds is 8. The van der Waals surface area contributed by atoms with Crippen molar-refractivity contribution in [1.29, 1.82) is 0 Å².